The van der Waals surface area contributed by atoms with E-state index in [1.807, 2.05) is 55.5 Å². The molecule has 0 spiro atoms. The van der Waals surface area contributed by atoms with Crippen molar-refractivity contribution in [1.82, 2.24) is 5.32 Å². The third-order valence-corrected chi connectivity index (χ3v) is 4.77. The molecule has 29 heavy (non-hydrogen) atoms. The van der Waals surface area contributed by atoms with Crippen molar-refractivity contribution in [3.63, 3.8) is 0 Å². The topological polar surface area (TPSA) is 49.4 Å². The number of hydrogen-bond donors (Lipinski definition) is 1. The van der Waals surface area contributed by atoms with Gasteiger partial charge in [0.05, 0.1) is 0 Å². The molecule has 0 bridgehead atoms. The van der Waals surface area contributed by atoms with Gasteiger partial charge in [0.2, 0.25) is 0 Å². The van der Waals surface area contributed by atoms with Gasteiger partial charge < -0.3 is 10.2 Å². The molecule has 1 N–H and O–H groups in total. The molecule has 0 saturated heterocycles. The van der Waals surface area contributed by atoms with Crippen LogP contribution in [0.5, 0.6) is 0 Å². The Kier molecular flexibility index (Phi) is 7.17. The number of anilines is 1. The van der Waals surface area contributed by atoms with E-state index < -0.39 is 0 Å². The molecule has 3 aromatic rings. The van der Waals surface area contributed by atoms with E-state index in [0.29, 0.717) is 24.2 Å². The van der Waals surface area contributed by atoms with Crippen molar-refractivity contribution in [2.75, 3.05) is 18.0 Å². The van der Waals surface area contributed by atoms with Gasteiger partial charge in [0.15, 0.2) is 0 Å². The van der Waals surface area contributed by atoms with Crippen molar-refractivity contribution < 1.29 is 9.59 Å². The quantitative estimate of drug-likeness (QED) is 0.570. The maximum Gasteiger partial charge on any atom is 0.258 e. The molecule has 3 aromatic carbocycles. The minimum absolute atomic E-state index is 0.113. The number of nitrogens with one attached hydrogen (secondary N) is 1. The summed E-state index contributed by atoms with van der Waals surface area (Å²) in [5.74, 6) is -0.270. The van der Waals surface area contributed by atoms with Crippen molar-refractivity contribution in [3.8, 4) is 0 Å². The second kappa shape index (κ2) is 10.2. The van der Waals surface area contributed by atoms with E-state index in [9.17, 15) is 9.59 Å². The lowest BCUT2D eigenvalue weighted by atomic mass is 10.1. The van der Waals surface area contributed by atoms with E-state index in [-0.39, 0.29) is 11.8 Å². The number of rotatable bonds is 8. The van der Waals surface area contributed by atoms with Crippen molar-refractivity contribution in [3.05, 3.63) is 102 Å². The first kappa shape index (κ1) is 20.3. The Morgan fingerprint density at radius 3 is 2.17 bits per heavy atom. The first-order valence-electron chi connectivity index (χ1n) is 9.98. The maximum atomic E-state index is 13.0. The molecule has 0 aliphatic heterocycles. The highest BCUT2D eigenvalue weighted by Gasteiger charge is 2.17. The van der Waals surface area contributed by atoms with E-state index in [2.05, 4.69) is 17.4 Å². The fraction of sp³-hybridized carbons (Fsp3) is 0.200. The molecule has 0 aromatic heterocycles. The van der Waals surface area contributed by atoms with Crippen LogP contribution < -0.4 is 10.2 Å². The average molecular weight is 386 g/mol. The second-order valence-electron chi connectivity index (χ2n) is 6.81. The molecule has 0 fully saturated rings. The molecule has 0 heterocycles. The van der Waals surface area contributed by atoms with Gasteiger partial charge in [0.25, 0.3) is 11.8 Å². The molecular formula is C25H26N2O2. The summed E-state index contributed by atoms with van der Waals surface area (Å²) in [5, 5.41) is 2.95. The SMILES string of the molecule is CCN(C(=O)c1cccc(C(=O)NCCCc2ccccc2)c1)c1ccccc1. The molecule has 0 radical (unpaired) electrons. The molecule has 0 unspecified atom stereocenters. The van der Waals surface area contributed by atoms with Gasteiger partial charge in [0, 0.05) is 29.9 Å². The first-order valence-corrected chi connectivity index (χ1v) is 9.98. The zero-order valence-corrected chi connectivity index (χ0v) is 16.7. The Morgan fingerprint density at radius 2 is 1.48 bits per heavy atom. The Hall–Kier alpha value is -3.40. The maximum absolute atomic E-state index is 13.0. The Labute approximate surface area is 172 Å². The minimum Gasteiger partial charge on any atom is -0.352 e. The number of para-hydroxylation sites is 1. The molecule has 148 valence electrons. The fourth-order valence-electron chi connectivity index (χ4n) is 3.24. The average Bonchev–Trinajstić information content (AvgIpc) is 2.78. The summed E-state index contributed by atoms with van der Waals surface area (Å²) in [6.45, 7) is 3.09. The lowest BCUT2D eigenvalue weighted by Gasteiger charge is -2.21. The predicted molar refractivity (Wildman–Crippen MR) is 117 cm³/mol. The van der Waals surface area contributed by atoms with Crippen LogP contribution in [0.15, 0.2) is 84.9 Å². The molecule has 0 saturated carbocycles. The number of nitrogens with zero attached hydrogens (tertiary/aromatic N) is 1. The van der Waals surface area contributed by atoms with Gasteiger partial charge in [-0.2, -0.15) is 0 Å². The van der Waals surface area contributed by atoms with Gasteiger partial charge in [-0.05, 0) is 55.7 Å². The van der Waals surface area contributed by atoms with Gasteiger partial charge in [-0.15, -0.1) is 0 Å². The van der Waals surface area contributed by atoms with E-state index in [1.165, 1.54) is 5.56 Å². The van der Waals surface area contributed by atoms with Crippen molar-refractivity contribution >= 4 is 17.5 Å². The lowest BCUT2D eigenvalue weighted by molar-refractivity contribution is 0.0953. The monoisotopic (exact) mass is 386 g/mol. The Bertz CT molecular complexity index is 939. The zero-order valence-electron chi connectivity index (χ0n) is 16.7. The molecule has 4 heteroatoms. The highest BCUT2D eigenvalue weighted by Crippen LogP contribution is 2.17. The number of benzene rings is 3. The van der Waals surface area contributed by atoms with Crippen LogP contribution in [0.3, 0.4) is 0 Å². The summed E-state index contributed by atoms with van der Waals surface area (Å²) in [6, 6.07) is 26.7. The number of aryl methyl sites for hydroxylation is 1. The number of carbonyl (C=O) groups excluding carboxylic acids is 2. The third-order valence-electron chi connectivity index (χ3n) is 4.77. The van der Waals surface area contributed by atoms with Gasteiger partial charge in [0.1, 0.15) is 0 Å². The fourth-order valence-corrected chi connectivity index (χ4v) is 3.24. The first-order chi connectivity index (χ1) is 14.2. The number of carbonyl (C=O) groups is 2. The summed E-state index contributed by atoms with van der Waals surface area (Å²) in [7, 11) is 0. The van der Waals surface area contributed by atoms with Crippen LogP contribution in [0.1, 0.15) is 39.6 Å². The molecule has 4 nitrogen and oxygen atoms in total. The van der Waals surface area contributed by atoms with Crippen molar-refractivity contribution in [2.45, 2.75) is 19.8 Å². The largest absolute Gasteiger partial charge is 0.352 e. The second-order valence-corrected chi connectivity index (χ2v) is 6.81. The van der Waals surface area contributed by atoms with Crippen LogP contribution >= 0.6 is 0 Å². The van der Waals surface area contributed by atoms with Gasteiger partial charge in [-0.1, -0.05) is 54.6 Å². The molecule has 3 rings (SSSR count). The molecule has 2 amide bonds. The van der Waals surface area contributed by atoms with Crippen LogP contribution in [0, 0.1) is 0 Å². The number of amides is 2. The molecular weight excluding hydrogens is 360 g/mol. The molecule has 0 aliphatic carbocycles. The third kappa shape index (κ3) is 5.55. The van der Waals surface area contributed by atoms with Crippen LogP contribution in [0.4, 0.5) is 5.69 Å². The van der Waals surface area contributed by atoms with Crippen LogP contribution in [-0.2, 0) is 6.42 Å². The molecule has 0 aliphatic rings. The van der Waals surface area contributed by atoms with Crippen molar-refractivity contribution in [2.24, 2.45) is 0 Å². The normalized spacial score (nSPS) is 10.4. The van der Waals surface area contributed by atoms with Crippen LogP contribution in [0.2, 0.25) is 0 Å². The van der Waals surface area contributed by atoms with Gasteiger partial charge in [-0.3, -0.25) is 9.59 Å². The summed E-state index contributed by atoms with van der Waals surface area (Å²) in [4.78, 5) is 27.2. The van der Waals surface area contributed by atoms with Gasteiger partial charge >= 0.3 is 0 Å². The minimum atomic E-state index is -0.157. The van der Waals surface area contributed by atoms with Crippen LogP contribution in [0.25, 0.3) is 0 Å². The van der Waals surface area contributed by atoms with Crippen LogP contribution in [-0.4, -0.2) is 24.9 Å². The summed E-state index contributed by atoms with van der Waals surface area (Å²) in [5.41, 5.74) is 3.11. The molecule has 0 atom stereocenters. The van der Waals surface area contributed by atoms with E-state index in [0.717, 1.165) is 18.5 Å². The summed E-state index contributed by atoms with van der Waals surface area (Å²) < 4.78 is 0. The zero-order chi connectivity index (χ0) is 20.5. The highest BCUT2D eigenvalue weighted by atomic mass is 16.2. The smallest absolute Gasteiger partial charge is 0.258 e. The van der Waals surface area contributed by atoms with E-state index in [4.69, 9.17) is 0 Å². The Morgan fingerprint density at radius 1 is 0.828 bits per heavy atom. The Balaban J connectivity index is 1.60. The van der Waals surface area contributed by atoms with E-state index >= 15 is 0 Å². The standard InChI is InChI=1S/C25H26N2O2/c1-2-27(23-16-7-4-8-17-23)25(29)22-15-9-14-21(19-22)24(28)26-18-10-13-20-11-5-3-6-12-20/h3-9,11-12,14-17,19H,2,10,13,18H2,1H3,(H,26,28). The highest BCUT2D eigenvalue weighted by molar-refractivity contribution is 6.07. The predicted octanol–water partition coefficient (Wildman–Crippen LogP) is 4.72. The number of hydrogen-bond acceptors (Lipinski definition) is 2. The van der Waals surface area contributed by atoms with Crippen molar-refractivity contribution in [1.29, 1.82) is 0 Å². The lowest BCUT2D eigenvalue weighted by Crippen LogP contribution is -2.31. The van der Waals surface area contributed by atoms with E-state index in [1.54, 1.807) is 29.2 Å². The summed E-state index contributed by atoms with van der Waals surface area (Å²) >= 11 is 0. The summed E-state index contributed by atoms with van der Waals surface area (Å²) in [6.07, 6.45) is 1.79. The van der Waals surface area contributed by atoms with Gasteiger partial charge in [-0.25, -0.2) is 0 Å².